The number of halogens is 2. The Kier molecular flexibility index (Phi) is 18.2. The van der Waals surface area contributed by atoms with Gasteiger partial charge in [0.25, 0.3) is 0 Å². The SMILES string of the molecule is CC(C)C(F)(C=CCP)C(C)C.CC(C)C(F)(C=CCP)C(C)C.[Pd]. The van der Waals surface area contributed by atoms with E-state index in [0.29, 0.717) is 0 Å². The Bertz CT molecular complexity index is 326. The number of alkyl halides is 2. The molecule has 5 heteroatoms. The van der Waals surface area contributed by atoms with Gasteiger partial charge in [-0.05, 0) is 36.0 Å². The summed E-state index contributed by atoms with van der Waals surface area (Å²) in [5.74, 6) is 0.186. The maximum absolute atomic E-state index is 14.1. The molecule has 0 N–H and O–H groups in total. The Morgan fingerprint density at radius 1 is 0.640 bits per heavy atom. The van der Waals surface area contributed by atoms with Crippen molar-refractivity contribution in [1.29, 1.82) is 0 Å². The molecule has 0 saturated carbocycles. The summed E-state index contributed by atoms with van der Waals surface area (Å²) in [5.41, 5.74) is -2.28. The topological polar surface area (TPSA) is 0 Å². The summed E-state index contributed by atoms with van der Waals surface area (Å²) in [6.45, 7) is 15.4. The van der Waals surface area contributed by atoms with Crippen molar-refractivity contribution < 1.29 is 29.2 Å². The average Bonchev–Trinajstić information content (AvgIpc) is 2.49. The molecule has 0 heterocycles. The minimum atomic E-state index is -1.14. The van der Waals surface area contributed by atoms with Gasteiger partial charge in [0.2, 0.25) is 0 Å². The molecule has 154 valence electrons. The van der Waals surface area contributed by atoms with Crippen molar-refractivity contribution >= 4 is 18.5 Å². The van der Waals surface area contributed by atoms with Crippen LogP contribution in [0.5, 0.6) is 0 Å². The Morgan fingerprint density at radius 2 is 0.840 bits per heavy atom. The van der Waals surface area contributed by atoms with Gasteiger partial charge in [0.05, 0.1) is 0 Å². The maximum Gasteiger partial charge on any atom is 0.133 e. The van der Waals surface area contributed by atoms with Crippen molar-refractivity contribution in [1.82, 2.24) is 0 Å². The second kappa shape index (κ2) is 14.9. The quantitative estimate of drug-likeness (QED) is 0.199. The van der Waals surface area contributed by atoms with Crippen LogP contribution >= 0.6 is 18.5 Å². The van der Waals surface area contributed by atoms with E-state index < -0.39 is 11.3 Å². The van der Waals surface area contributed by atoms with E-state index in [1.165, 1.54) is 0 Å². The first kappa shape index (κ1) is 30.6. The molecule has 0 bridgehead atoms. The molecule has 0 saturated heterocycles. The van der Waals surface area contributed by atoms with Gasteiger partial charge in [0, 0.05) is 20.4 Å². The van der Waals surface area contributed by atoms with Crippen molar-refractivity contribution in [2.45, 2.75) is 66.7 Å². The Morgan fingerprint density at radius 3 is 0.960 bits per heavy atom. The van der Waals surface area contributed by atoms with Crippen LogP contribution in [0.25, 0.3) is 0 Å². The molecule has 0 aliphatic rings. The van der Waals surface area contributed by atoms with Crippen LogP contribution in [-0.4, -0.2) is 23.7 Å². The first-order chi connectivity index (χ1) is 10.9. The normalized spacial score (nSPS) is 13.1. The monoisotopic (exact) mass is 486 g/mol. The van der Waals surface area contributed by atoms with Gasteiger partial charge in [-0.3, -0.25) is 0 Å². The van der Waals surface area contributed by atoms with Gasteiger partial charge in [0.15, 0.2) is 0 Å². The molecule has 0 aliphatic heterocycles. The molecule has 0 fully saturated rings. The van der Waals surface area contributed by atoms with Gasteiger partial charge >= 0.3 is 0 Å². The number of allylic oxidation sites excluding steroid dienone is 4. The molecule has 0 aromatic heterocycles. The van der Waals surface area contributed by atoms with Gasteiger partial charge < -0.3 is 0 Å². The van der Waals surface area contributed by atoms with Crippen molar-refractivity contribution in [2.75, 3.05) is 12.3 Å². The predicted molar refractivity (Wildman–Crippen MR) is 114 cm³/mol. The zero-order valence-electron chi connectivity index (χ0n) is 17.3. The Labute approximate surface area is 174 Å². The van der Waals surface area contributed by atoms with Crippen molar-refractivity contribution in [3.05, 3.63) is 24.3 Å². The summed E-state index contributed by atoms with van der Waals surface area (Å²) in [7, 11) is 5.14. The zero-order chi connectivity index (χ0) is 19.6. The predicted octanol–water partition coefficient (Wildman–Crippen LogP) is 6.87. The first-order valence-corrected chi connectivity index (χ1v) is 10.7. The fourth-order valence-corrected chi connectivity index (χ4v) is 2.87. The summed E-state index contributed by atoms with van der Waals surface area (Å²) in [6, 6.07) is 0. The zero-order valence-corrected chi connectivity index (χ0v) is 21.1. The van der Waals surface area contributed by atoms with Crippen LogP contribution in [0.2, 0.25) is 0 Å². The smallest absolute Gasteiger partial charge is 0.133 e. The molecule has 0 rings (SSSR count). The third-order valence-corrected chi connectivity index (χ3v) is 5.10. The van der Waals surface area contributed by atoms with Gasteiger partial charge in [0.1, 0.15) is 11.3 Å². The van der Waals surface area contributed by atoms with Crippen LogP contribution in [0.1, 0.15) is 55.4 Å². The van der Waals surface area contributed by atoms with Gasteiger partial charge in [-0.25, -0.2) is 8.78 Å². The van der Waals surface area contributed by atoms with Crippen molar-refractivity contribution in [2.24, 2.45) is 23.7 Å². The summed E-state index contributed by atoms with van der Waals surface area (Å²) in [6.07, 6.45) is 8.82. The van der Waals surface area contributed by atoms with E-state index in [9.17, 15) is 8.78 Å². The third kappa shape index (κ3) is 10.7. The molecule has 25 heavy (non-hydrogen) atoms. The summed E-state index contributed by atoms with van der Waals surface area (Å²) < 4.78 is 28.3. The fourth-order valence-electron chi connectivity index (χ4n) is 2.60. The molecule has 0 aromatic rings. The molecule has 2 unspecified atom stereocenters. The van der Waals surface area contributed by atoms with E-state index in [1.807, 2.05) is 67.5 Å². The fraction of sp³-hybridized carbons (Fsp3) is 0.800. The van der Waals surface area contributed by atoms with E-state index in [1.54, 1.807) is 12.2 Å². The van der Waals surface area contributed by atoms with Gasteiger partial charge in [-0.1, -0.05) is 79.7 Å². The number of rotatable bonds is 8. The minimum absolute atomic E-state index is 0. The molecule has 0 amide bonds. The van der Waals surface area contributed by atoms with Gasteiger partial charge in [-0.15, -0.1) is 18.5 Å². The molecule has 0 nitrogen and oxygen atoms in total. The largest absolute Gasteiger partial charge is 0.239 e. The summed E-state index contributed by atoms with van der Waals surface area (Å²) in [5, 5.41) is 0. The molecule has 0 spiro atoms. The van der Waals surface area contributed by atoms with Gasteiger partial charge in [-0.2, -0.15) is 0 Å². The third-order valence-electron chi connectivity index (χ3n) is 4.56. The first-order valence-electron chi connectivity index (χ1n) is 9.03. The molecule has 0 radical (unpaired) electrons. The Hall–Kier alpha value is 0.862. The van der Waals surface area contributed by atoms with E-state index >= 15 is 0 Å². The summed E-state index contributed by atoms with van der Waals surface area (Å²) >= 11 is 0. The van der Waals surface area contributed by atoms with Crippen LogP contribution in [0, 0.1) is 23.7 Å². The molecule has 2 atom stereocenters. The van der Waals surface area contributed by atoms with Crippen LogP contribution in [-0.2, 0) is 20.4 Å². The van der Waals surface area contributed by atoms with Crippen LogP contribution in [0.3, 0.4) is 0 Å². The van der Waals surface area contributed by atoms with Crippen molar-refractivity contribution in [3.63, 3.8) is 0 Å². The second-order valence-corrected chi connectivity index (χ2v) is 8.49. The van der Waals surface area contributed by atoms with E-state index in [4.69, 9.17) is 0 Å². The van der Waals surface area contributed by atoms with E-state index in [-0.39, 0.29) is 44.1 Å². The van der Waals surface area contributed by atoms with E-state index in [0.717, 1.165) is 12.3 Å². The Balaban J connectivity index is -0.000000372. The van der Waals surface area contributed by atoms with Crippen molar-refractivity contribution in [3.8, 4) is 0 Å². The van der Waals surface area contributed by atoms with Crippen LogP contribution < -0.4 is 0 Å². The van der Waals surface area contributed by atoms with Crippen LogP contribution in [0.4, 0.5) is 8.78 Å². The molecule has 0 aromatic carbocycles. The van der Waals surface area contributed by atoms with E-state index in [2.05, 4.69) is 18.5 Å². The molecular weight excluding hydrogens is 447 g/mol. The van der Waals surface area contributed by atoms with Crippen LogP contribution in [0.15, 0.2) is 24.3 Å². The standard InChI is InChI=1S/2C10H20FP.Pd/c2*1-8(2)10(11,9(3)4)6-5-7-12;/h2*5-6,8-9H,7,12H2,1-4H3;. The molecular formula is C20H40F2P2Pd. The second-order valence-electron chi connectivity index (χ2n) is 7.55. The summed E-state index contributed by atoms with van der Waals surface area (Å²) in [4.78, 5) is 0. The minimum Gasteiger partial charge on any atom is -0.239 e. The number of hydrogen-bond acceptors (Lipinski definition) is 0. The average molecular weight is 487 g/mol. The maximum atomic E-state index is 14.1. The number of hydrogen-bond donors (Lipinski definition) is 0. The molecule has 0 aliphatic carbocycles.